The van der Waals surface area contributed by atoms with Crippen LogP contribution < -0.4 is 5.73 Å². The van der Waals surface area contributed by atoms with Crippen LogP contribution in [0.5, 0.6) is 0 Å². The van der Waals surface area contributed by atoms with Crippen LogP contribution in [0.15, 0.2) is 12.1 Å². The highest BCUT2D eigenvalue weighted by Crippen LogP contribution is 2.33. The molecule has 2 nitrogen and oxygen atoms in total. The zero-order valence-electron chi connectivity index (χ0n) is 10.5. The molecule has 4 heteroatoms. The smallest absolute Gasteiger partial charge is 0.0931 e. The number of halogens is 1. The Hall–Kier alpha value is -0.0900. The molecule has 17 heavy (non-hydrogen) atoms. The van der Waals surface area contributed by atoms with Gasteiger partial charge in [0.25, 0.3) is 0 Å². The average molecular weight is 273 g/mol. The van der Waals surface area contributed by atoms with E-state index in [1.807, 2.05) is 6.07 Å². The molecule has 1 aromatic rings. The molecule has 3 unspecified atom stereocenters. The number of hydrogen-bond acceptors (Lipinski definition) is 3. The van der Waals surface area contributed by atoms with Crippen LogP contribution in [-0.2, 0) is 0 Å². The van der Waals surface area contributed by atoms with Crippen LogP contribution in [0.1, 0.15) is 37.6 Å². The zero-order chi connectivity index (χ0) is 12.4. The molecule has 0 aliphatic carbocycles. The fraction of sp³-hybridized carbons (Fsp3) is 0.692. The summed E-state index contributed by atoms with van der Waals surface area (Å²) in [6.45, 7) is 6.73. The monoisotopic (exact) mass is 272 g/mol. The topological polar surface area (TPSA) is 29.3 Å². The summed E-state index contributed by atoms with van der Waals surface area (Å²) >= 11 is 7.69. The van der Waals surface area contributed by atoms with Crippen molar-refractivity contribution in [3.05, 3.63) is 21.3 Å². The van der Waals surface area contributed by atoms with Gasteiger partial charge in [-0.2, -0.15) is 0 Å². The molecule has 0 bridgehead atoms. The number of thiophene rings is 1. The van der Waals surface area contributed by atoms with Crippen molar-refractivity contribution in [2.75, 3.05) is 13.1 Å². The van der Waals surface area contributed by atoms with E-state index < -0.39 is 0 Å². The molecule has 3 atom stereocenters. The van der Waals surface area contributed by atoms with Crippen molar-refractivity contribution in [3.8, 4) is 0 Å². The Morgan fingerprint density at radius 2 is 2.35 bits per heavy atom. The van der Waals surface area contributed by atoms with Crippen molar-refractivity contribution in [2.24, 2.45) is 11.7 Å². The SMILES string of the molecule is CCC1CN(C(C)c2ccc(Cl)s2)CCC1N. The Morgan fingerprint density at radius 1 is 1.59 bits per heavy atom. The van der Waals surface area contributed by atoms with Crippen molar-refractivity contribution in [1.82, 2.24) is 4.90 Å². The van der Waals surface area contributed by atoms with E-state index in [1.54, 1.807) is 11.3 Å². The maximum absolute atomic E-state index is 6.15. The van der Waals surface area contributed by atoms with Gasteiger partial charge in [-0.15, -0.1) is 11.3 Å². The minimum Gasteiger partial charge on any atom is -0.327 e. The normalized spacial score (nSPS) is 28.2. The van der Waals surface area contributed by atoms with Crippen molar-refractivity contribution in [3.63, 3.8) is 0 Å². The number of hydrogen-bond donors (Lipinski definition) is 1. The maximum atomic E-state index is 6.15. The highest BCUT2D eigenvalue weighted by Gasteiger charge is 2.28. The third kappa shape index (κ3) is 3.02. The Bertz CT molecular complexity index is 366. The van der Waals surface area contributed by atoms with Crippen LogP contribution in [0.25, 0.3) is 0 Å². The lowest BCUT2D eigenvalue weighted by atomic mass is 9.90. The molecule has 0 radical (unpaired) electrons. The van der Waals surface area contributed by atoms with E-state index in [9.17, 15) is 0 Å². The van der Waals surface area contributed by atoms with Crippen LogP contribution in [0.4, 0.5) is 0 Å². The second kappa shape index (κ2) is 5.70. The van der Waals surface area contributed by atoms with Crippen molar-refractivity contribution in [1.29, 1.82) is 0 Å². The van der Waals surface area contributed by atoms with Gasteiger partial charge in [-0.25, -0.2) is 0 Å². The van der Waals surface area contributed by atoms with Gasteiger partial charge in [0, 0.05) is 30.1 Å². The minimum absolute atomic E-state index is 0.385. The molecule has 0 saturated carbocycles. The molecule has 2 rings (SSSR count). The fourth-order valence-corrected chi connectivity index (χ4v) is 3.74. The Balaban J connectivity index is 2.03. The quantitative estimate of drug-likeness (QED) is 0.912. The highest BCUT2D eigenvalue weighted by atomic mass is 35.5. The van der Waals surface area contributed by atoms with Gasteiger partial charge in [-0.3, -0.25) is 4.90 Å². The van der Waals surface area contributed by atoms with Gasteiger partial charge in [0.05, 0.1) is 4.34 Å². The molecular formula is C13H21ClN2S. The van der Waals surface area contributed by atoms with E-state index >= 15 is 0 Å². The third-order valence-electron chi connectivity index (χ3n) is 3.90. The number of nitrogens with zero attached hydrogens (tertiary/aromatic N) is 1. The lowest BCUT2D eigenvalue weighted by molar-refractivity contribution is 0.116. The second-order valence-corrected chi connectivity index (χ2v) is 6.68. The van der Waals surface area contributed by atoms with Crippen LogP contribution in [-0.4, -0.2) is 24.0 Å². The summed E-state index contributed by atoms with van der Waals surface area (Å²) in [7, 11) is 0. The average Bonchev–Trinajstić information content (AvgIpc) is 2.75. The predicted octanol–water partition coefficient (Wildman–Crippen LogP) is 3.52. The molecule has 96 valence electrons. The summed E-state index contributed by atoms with van der Waals surface area (Å²) in [6, 6.07) is 4.99. The molecule has 1 aliphatic rings. The predicted molar refractivity (Wildman–Crippen MR) is 75.7 cm³/mol. The van der Waals surface area contributed by atoms with Gasteiger partial charge in [0.15, 0.2) is 0 Å². The summed E-state index contributed by atoms with van der Waals surface area (Å²) in [5.74, 6) is 0.640. The first-order valence-electron chi connectivity index (χ1n) is 6.36. The number of nitrogens with two attached hydrogens (primary N) is 1. The molecule has 0 aromatic carbocycles. The summed E-state index contributed by atoms with van der Waals surface area (Å²) in [4.78, 5) is 3.90. The zero-order valence-corrected chi connectivity index (χ0v) is 12.1. The summed E-state index contributed by atoms with van der Waals surface area (Å²) in [5, 5.41) is 0. The standard InChI is InChI=1S/C13H21ClN2S/c1-3-10-8-16(7-6-11(10)15)9(2)12-4-5-13(14)17-12/h4-5,9-11H,3,6-8,15H2,1-2H3. The van der Waals surface area contributed by atoms with Crippen molar-refractivity contribution in [2.45, 2.75) is 38.8 Å². The first-order valence-corrected chi connectivity index (χ1v) is 7.56. The van der Waals surface area contributed by atoms with Gasteiger partial charge in [0.1, 0.15) is 0 Å². The minimum atomic E-state index is 0.385. The number of piperidine rings is 1. The van der Waals surface area contributed by atoms with Crippen LogP contribution in [0.2, 0.25) is 4.34 Å². The number of likely N-dealkylation sites (tertiary alicyclic amines) is 1. The lowest BCUT2D eigenvalue weighted by Gasteiger charge is -2.39. The molecule has 1 aromatic heterocycles. The fourth-order valence-electron chi connectivity index (χ4n) is 2.59. The maximum Gasteiger partial charge on any atom is 0.0931 e. The summed E-state index contributed by atoms with van der Waals surface area (Å²) in [5.41, 5.74) is 6.15. The van der Waals surface area contributed by atoms with E-state index in [2.05, 4.69) is 24.8 Å². The first kappa shape index (κ1) is 13.3. The van der Waals surface area contributed by atoms with Gasteiger partial charge in [-0.1, -0.05) is 24.9 Å². The molecule has 1 fully saturated rings. The van der Waals surface area contributed by atoms with Crippen LogP contribution in [0, 0.1) is 5.92 Å². The third-order valence-corrected chi connectivity index (χ3v) is 5.30. The summed E-state index contributed by atoms with van der Waals surface area (Å²) < 4.78 is 0.882. The van der Waals surface area contributed by atoms with Gasteiger partial charge in [0.2, 0.25) is 0 Å². The first-order chi connectivity index (χ1) is 8.11. The van der Waals surface area contributed by atoms with Gasteiger partial charge < -0.3 is 5.73 Å². The lowest BCUT2D eigenvalue weighted by Crippen LogP contribution is -2.47. The van der Waals surface area contributed by atoms with Gasteiger partial charge >= 0.3 is 0 Å². The van der Waals surface area contributed by atoms with E-state index in [1.165, 1.54) is 11.3 Å². The van der Waals surface area contributed by atoms with Crippen molar-refractivity contribution >= 4 is 22.9 Å². The highest BCUT2D eigenvalue weighted by molar-refractivity contribution is 7.16. The second-order valence-electron chi connectivity index (χ2n) is 4.93. The van der Waals surface area contributed by atoms with E-state index in [-0.39, 0.29) is 0 Å². The van der Waals surface area contributed by atoms with E-state index in [4.69, 9.17) is 17.3 Å². The Morgan fingerprint density at radius 3 is 2.94 bits per heavy atom. The van der Waals surface area contributed by atoms with Gasteiger partial charge in [-0.05, 0) is 31.4 Å². The molecule has 0 spiro atoms. The Labute approximate surface area is 113 Å². The molecular weight excluding hydrogens is 252 g/mol. The number of rotatable bonds is 3. The van der Waals surface area contributed by atoms with Crippen molar-refractivity contribution < 1.29 is 0 Å². The van der Waals surface area contributed by atoms with E-state index in [0.29, 0.717) is 18.0 Å². The summed E-state index contributed by atoms with van der Waals surface area (Å²) in [6.07, 6.45) is 2.29. The molecule has 2 N–H and O–H groups in total. The molecule has 0 amide bonds. The van der Waals surface area contributed by atoms with Crippen LogP contribution >= 0.6 is 22.9 Å². The molecule has 1 saturated heterocycles. The molecule has 2 heterocycles. The van der Waals surface area contributed by atoms with E-state index in [0.717, 1.165) is 23.8 Å². The Kier molecular flexibility index (Phi) is 4.47. The largest absolute Gasteiger partial charge is 0.327 e. The molecule has 1 aliphatic heterocycles. The van der Waals surface area contributed by atoms with Crippen LogP contribution in [0.3, 0.4) is 0 Å².